The number of nitrogens with two attached hydrogens (primary N) is 1. The van der Waals surface area contributed by atoms with E-state index in [1.807, 2.05) is 0 Å². The molecule has 0 bridgehead atoms. The van der Waals surface area contributed by atoms with E-state index in [0.717, 1.165) is 6.07 Å². The van der Waals surface area contributed by atoms with Crippen LogP contribution < -0.4 is 5.73 Å². The average Bonchev–Trinajstić information content (AvgIpc) is 2.15. The highest BCUT2D eigenvalue weighted by Gasteiger charge is 2.33. The summed E-state index contributed by atoms with van der Waals surface area (Å²) in [6, 6.07) is 2.60. The predicted molar refractivity (Wildman–Crippen MR) is 55.2 cm³/mol. The van der Waals surface area contributed by atoms with Crippen molar-refractivity contribution in [1.82, 2.24) is 0 Å². The van der Waals surface area contributed by atoms with Crippen molar-refractivity contribution < 1.29 is 18.3 Å². The van der Waals surface area contributed by atoms with Gasteiger partial charge in [-0.25, -0.2) is 0 Å². The van der Waals surface area contributed by atoms with Crippen LogP contribution in [0.1, 0.15) is 11.1 Å². The summed E-state index contributed by atoms with van der Waals surface area (Å²) in [5.74, 6) is 0. The molecule has 0 fully saturated rings. The van der Waals surface area contributed by atoms with Gasteiger partial charge in [0.05, 0.1) is 12.2 Å². The molecule has 0 aliphatic rings. The molecule has 1 rings (SSSR count). The first kappa shape index (κ1) is 13.3. The molecule has 0 aliphatic heterocycles. The van der Waals surface area contributed by atoms with Crippen LogP contribution in [0.2, 0.25) is 5.02 Å². The molecular formula is C10H11ClF3NO. The van der Waals surface area contributed by atoms with Crippen molar-refractivity contribution in [2.24, 2.45) is 5.73 Å². The summed E-state index contributed by atoms with van der Waals surface area (Å²) in [5, 5.41) is 8.94. The van der Waals surface area contributed by atoms with Crippen LogP contribution in [0.4, 0.5) is 13.2 Å². The third-order valence-corrected chi connectivity index (χ3v) is 2.32. The number of aliphatic hydroxyl groups excluding tert-OH is 1. The van der Waals surface area contributed by atoms with Crippen molar-refractivity contribution in [3.8, 4) is 0 Å². The number of rotatable bonds is 3. The summed E-state index contributed by atoms with van der Waals surface area (Å²) in [5.41, 5.74) is 4.65. The van der Waals surface area contributed by atoms with E-state index in [-0.39, 0.29) is 23.6 Å². The van der Waals surface area contributed by atoms with Crippen molar-refractivity contribution >= 4 is 11.6 Å². The number of aliphatic hydroxyl groups is 1. The van der Waals surface area contributed by atoms with E-state index in [9.17, 15) is 13.2 Å². The van der Waals surface area contributed by atoms with E-state index < -0.39 is 17.8 Å². The largest absolute Gasteiger partial charge is 0.416 e. The van der Waals surface area contributed by atoms with Gasteiger partial charge in [0.15, 0.2) is 0 Å². The summed E-state index contributed by atoms with van der Waals surface area (Å²) in [4.78, 5) is 0. The van der Waals surface area contributed by atoms with Crippen molar-refractivity contribution in [1.29, 1.82) is 0 Å². The summed E-state index contributed by atoms with van der Waals surface area (Å²) in [6.07, 6.45) is -4.50. The van der Waals surface area contributed by atoms with Crippen molar-refractivity contribution in [2.45, 2.75) is 18.6 Å². The average molecular weight is 254 g/mol. The van der Waals surface area contributed by atoms with E-state index in [1.165, 1.54) is 12.1 Å². The maximum absolute atomic E-state index is 12.6. The van der Waals surface area contributed by atoms with Gasteiger partial charge in [-0.05, 0) is 30.2 Å². The fraction of sp³-hybridized carbons (Fsp3) is 0.400. The Hall–Kier alpha value is -0.780. The fourth-order valence-electron chi connectivity index (χ4n) is 1.35. The minimum absolute atomic E-state index is 0.00144. The Morgan fingerprint density at radius 2 is 2.00 bits per heavy atom. The number of hydrogen-bond donors (Lipinski definition) is 2. The zero-order chi connectivity index (χ0) is 12.3. The van der Waals surface area contributed by atoms with Crippen molar-refractivity contribution in [2.75, 3.05) is 6.61 Å². The normalized spacial score (nSPS) is 13.9. The molecule has 1 aromatic rings. The lowest BCUT2D eigenvalue weighted by atomic mass is 10.0. The van der Waals surface area contributed by atoms with Gasteiger partial charge in [0.2, 0.25) is 0 Å². The van der Waals surface area contributed by atoms with Gasteiger partial charge < -0.3 is 10.8 Å². The smallest absolute Gasteiger partial charge is 0.395 e. The van der Waals surface area contributed by atoms with Crippen LogP contribution in [0, 0.1) is 0 Å². The Bertz CT molecular complexity index is 368. The second-order valence-electron chi connectivity index (χ2n) is 3.45. The van der Waals surface area contributed by atoms with Gasteiger partial charge in [-0.2, -0.15) is 13.2 Å². The molecule has 90 valence electrons. The van der Waals surface area contributed by atoms with Gasteiger partial charge in [-0.3, -0.25) is 0 Å². The third kappa shape index (κ3) is 3.37. The molecule has 1 aromatic carbocycles. The summed E-state index contributed by atoms with van der Waals surface area (Å²) < 4.78 is 37.8. The standard InChI is InChI=1S/C10H11ClF3NO/c11-7-1-2-9(10(12,13)14)6(3-7)4-8(15)5-16/h1-3,8,16H,4-5,15H2. The lowest BCUT2D eigenvalue weighted by Crippen LogP contribution is -2.28. The van der Waals surface area contributed by atoms with Crippen LogP contribution in [0.25, 0.3) is 0 Å². The van der Waals surface area contributed by atoms with E-state index >= 15 is 0 Å². The maximum Gasteiger partial charge on any atom is 0.416 e. The van der Waals surface area contributed by atoms with E-state index in [1.54, 1.807) is 0 Å². The first-order valence-corrected chi connectivity index (χ1v) is 4.94. The Morgan fingerprint density at radius 3 is 2.50 bits per heavy atom. The van der Waals surface area contributed by atoms with Crippen LogP contribution >= 0.6 is 11.6 Å². The molecule has 1 unspecified atom stereocenters. The van der Waals surface area contributed by atoms with Gasteiger partial charge in [-0.15, -0.1) is 0 Å². The molecule has 0 saturated carbocycles. The second kappa shape index (κ2) is 5.03. The molecule has 0 aromatic heterocycles. The minimum Gasteiger partial charge on any atom is -0.395 e. The highest BCUT2D eigenvalue weighted by molar-refractivity contribution is 6.30. The lowest BCUT2D eigenvalue weighted by Gasteiger charge is -2.15. The van der Waals surface area contributed by atoms with Gasteiger partial charge >= 0.3 is 6.18 Å². The molecule has 0 amide bonds. The highest BCUT2D eigenvalue weighted by Crippen LogP contribution is 2.33. The number of benzene rings is 1. The summed E-state index contributed by atoms with van der Waals surface area (Å²) in [7, 11) is 0. The number of alkyl halides is 3. The van der Waals surface area contributed by atoms with Crippen LogP contribution in [0.15, 0.2) is 18.2 Å². The number of hydrogen-bond acceptors (Lipinski definition) is 2. The zero-order valence-corrected chi connectivity index (χ0v) is 9.02. The Kier molecular flexibility index (Phi) is 4.18. The molecule has 0 heterocycles. The molecule has 2 nitrogen and oxygen atoms in total. The first-order valence-electron chi connectivity index (χ1n) is 4.56. The van der Waals surface area contributed by atoms with Gasteiger partial charge in [-0.1, -0.05) is 11.6 Å². The minimum atomic E-state index is -4.44. The fourth-order valence-corrected chi connectivity index (χ4v) is 1.55. The molecule has 16 heavy (non-hydrogen) atoms. The monoisotopic (exact) mass is 253 g/mol. The molecule has 0 spiro atoms. The van der Waals surface area contributed by atoms with Gasteiger partial charge in [0.1, 0.15) is 0 Å². The summed E-state index contributed by atoms with van der Waals surface area (Å²) >= 11 is 5.62. The Morgan fingerprint density at radius 1 is 1.38 bits per heavy atom. The van der Waals surface area contributed by atoms with E-state index in [4.69, 9.17) is 22.4 Å². The molecule has 0 radical (unpaired) electrons. The van der Waals surface area contributed by atoms with Crippen LogP contribution in [-0.2, 0) is 12.6 Å². The van der Waals surface area contributed by atoms with Crippen LogP contribution in [-0.4, -0.2) is 17.8 Å². The second-order valence-corrected chi connectivity index (χ2v) is 3.88. The van der Waals surface area contributed by atoms with Gasteiger partial charge in [0.25, 0.3) is 0 Å². The SMILES string of the molecule is NC(CO)Cc1cc(Cl)ccc1C(F)(F)F. The molecule has 0 aliphatic carbocycles. The summed E-state index contributed by atoms with van der Waals surface area (Å²) in [6.45, 7) is -0.371. The lowest BCUT2D eigenvalue weighted by molar-refractivity contribution is -0.138. The third-order valence-electron chi connectivity index (χ3n) is 2.09. The van der Waals surface area contributed by atoms with Crippen molar-refractivity contribution in [3.05, 3.63) is 34.3 Å². The van der Waals surface area contributed by atoms with E-state index in [0.29, 0.717) is 0 Å². The Balaban J connectivity index is 3.09. The van der Waals surface area contributed by atoms with Gasteiger partial charge in [0, 0.05) is 11.1 Å². The van der Waals surface area contributed by atoms with Crippen LogP contribution in [0.5, 0.6) is 0 Å². The maximum atomic E-state index is 12.6. The van der Waals surface area contributed by atoms with Crippen molar-refractivity contribution in [3.63, 3.8) is 0 Å². The van der Waals surface area contributed by atoms with E-state index in [2.05, 4.69) is 0 Å². The van der Waals surface area contributed by atoms with Crippen LogP contribution in [0.3, 0.4) is 0 Å². The molecular weight excluding hydrogens is 243 g/mol. The zero-order valence-electron chi connectivity index (χ0n) is 8.26. The highest BCUT2D eigenvalue weighted by atomic mass is 35.5. The molecule has 6 heteroatoms. The molecule has 0 saturated heterocycles. The molecule has 3 N–H and O–H groups in total. The first-order chi connectivity index (χ1) is 7.34. The quantitative estimate of drug-likeness (QED) is 0.868. The Labute approximate surface area is 95.8 Å². The molecule has 1 atom stereocenters. The predicted octanol–water partition coefficient (Wildman–Crippen LogP) is 2.22. The number of halogens is 4. The topological polar surface area (TPSA) is 46.2 Å².